The Morgan fingerprint density at radius 1 is 0.367 bits per heavy atom. The summed E-state index contributed by atoms with van der Waals surface area (Å²) in [5.41, 5.74) is 0. The SMILES string of the molecule is CCCCCCCCCC/C=C\CCCCCCCCCCCCCCCCCCCCCCCCCCCCCC(=O)OC(COC(=O)CCCCCCCCCCCCCCCCC)COC(OCC[N+](C)(C)C)C(=O)[O-]. The van der Waals surface area contributed by atoms with Crippen LogP contribution >= 0.6 is 0 Å². The molecule has 79 heavy (non-hydrogen) atoms. The van der Waals surface area contributed by atoms with Crippen molar-refractivity contribution in [3.05, 3.63) is 12.2 Å². The summed E-state index contributed by atoms with van der Waals surface area (Å²) < 4.78 is 22.8. The Morgan fingerprint density at radius 2 is 0.646 bits per heavy atom. The Balaban J connectivity index is 3.90. The highest BCUT2D eigenvalue weighted by molar-refractivity contribution is 5.70. The minimum absolute atomic E-state index is 0.153. The van der Waals surface area contributed by atoms with Gasteiger partial charge in [-0.1, -0.05) is 321 Å². The van der Waals surface area contributed by atoms with Gasteiger partial charge in [0.05, 0.1) is 40.3 Å². The second kappa shape index (κ2) is 62.1. The lowest BCUT2D eigenvalue weighted by molar-refractivity contribution is -0.870. The van der Waals surface area contributed by atoms with E-state index in [9.17, 15) is 19.5 Å². The van der Waals surface area contributed by atoms with Crippen LogP contribution in [-0.2, 0) is 33.3 Å². The average molecular weight is 1120 g/mol. The van der Waals surface area contributed by atoms with Crippen molar-refractivity contribution in [3.63, 3.8) is 0 Å². The molecule has 0 radical (unpaired) electrons. The van der Waals surface area contributed by atoms with Gasteiger partial charge in [0.25, 0.3) is 0 Å². The number of esters is 2. The number of rotatable bonds is 66. The van der Waals surface area contributed by atoms with Gasteiger partial charge in [-0.3, -0.25) is 9.59 Å². The van der Waals surface area contributed by atoms with Gasteiger partial charge >= 0.3 is 11.9 Å². The van der Waals surface area contributed by atoms with Crippen LogP contribution in [-0.4, -0.2) is 82.3 Å². The topological polar surface area (TPSA) is 111 Å². The fourth-order valence-electron chi connectivity index (χ4n) is 10.7. The minimum atomic E-state index is -1.62. The lowest BCUT2D eigenvalue weighted by atomic mass is 10.0. The zero-order valence-electron chi connectivity index (χ0n) is 53.5. The Morgan fingerprint density at radius 3 is 0.937 bits per heavy atom. The number of carbonyl (C=O) groups excluding carboxylic acids is 3. The molecule has 0 saturated heterocycles. The highest BCUT2D eigenvalue weighted by Crippen LogP contribution is 2.19. The van der Waals surface area contributed by atoms with E-state index < -0.39 is 24.3 Å². The van der Waals surface area contributed by atoms with Crippen LogP contribution in [0.15, 0.2) is 12.2 Å². The maximum atomic E-state index is 12.9. The van der Waals surface area contributed by atoms with Gasteiger partial charge in [-0.2, -0.15) is 0 Å². The predicted molar refractivity (Wildman–Crippen MR) is 334 cm³/mol. The Labute approximate surface area is 491 Å². The first-order chi connectivity index (χ1) is 38.6. The number of carboxylic acids is 1. The van der Waals surface area contributed by atoms with E-state index in [0.717, 1.165) is 38.5 Å². The molecule has 9 heteroatoms. The van der Waals surface area contributed by atoms with E-state index in [1.165, 1.54) is 295 Å². The van der Waals surface area contributed by atoms with Crippen molar-refractivity contribution < 1.29 is 42.9 Å². The third-order valence-corrected chi connectivity index (χ3v) is 16.0. The number of unbranched alkanes of at least 4 members (excludes halogenated alkanes) is 49. The first-order valence-corrected chi connectivity index (χ1v) is 34.8. The van der Waals surface area contributed by atoms with E-state index in [1.54, 1.807) is 0 Å². The number of hydrogen-bond acceptors (Lipinski definition) is 8. The van der Waals surface area contributed by atoms with Crippen molar-refractivity contribution in [3.8, 4) is 0 Å². The van der Waals surface area contributed by atoms with Crippen molar-refractivity contribution in [2.45, 2.75) is 373 Å². The summed E-state index contributed by atoms with van der Waals surface area (Å²) in [6.07, 6.45) is 71.8. The molecule has 0 aromatic rings. The number of ether oxygens (including phenoxy) is 4. The molecule has 0 fully saturated rings. The lowest BCUT2D eigenvalue weighted by Crippen LogP contribution is -2.44. The number of nitrogens with zero attached hydrogens (tertiary/aromatic N) is 1. The van der Waals surface area contributed by atoms with E-state index in [2.05, 4.69) is 26.0 Å². The molecule has 0 spiro atoms. The second-order valence-electron chi connectivity index (χ2n) is 25.2. The Bertz CT molecular complexity index is 1300. The summed E-state index contributed by atoms with van der Waals surface area (Å²) in [4.78, 5) is 37.3. The standard InChI is InChI=1S/C70H135NO8/c1-6-8-10-12-14-16-18-20-22-23-24-25-26-27-28-29-30-31-32-33-34-35-36-37-38-39-40-41-42-43-44-45-47-49-51-53-55-57-59-61-68(73)79-66(65-78-70(69(74)75)76-63-62-71(3,4)5)64-77-67(72)60-58-56-54-52-50-48-46-21-19-17-15-13-11-9-7-2/h23-24,66,70H,6-22,25-65H2,1-5H3/b24-23-. The van der Waals surface area contributed by atoms with Crippen LogP contribution < -0.4 is 5.11 Å². The molecule has 0 aliphatic heterocycles. The van der Waals surface area contributed by atoms with Crippen molar-refractivity contribution >= 4 is 17.9 Å². The highest BCUT2D eigenvalue weighted by Gasteiger charge is 2.22. The molecule has 0 aromatic heterocycles. The van der Waals surface area contributed by atoms with Gasteiger partial charge in [-0.05, 0) is 38.5 Å². The molecule has 0 amide bonds. The van der Waals surface area contributed by atoms with Crippen LogP contribution in [0.1, 0.15) is 361 Å². The summed E-state index contributed by atoms with van der Waals surface area (Å²) >= 11 is 0. The molecule has 0 aliphatic rings. The van der Waals surface area contributed by atoms with Crippen molar-refractivity contribution in [2.75, 3.05) is 47.5 Å². The predicted octanol–water partition coefficient (Wildman–Crippen LogP) is 19.9. The first kappa shape index (κ1) is 77.0. The van der Waals surface area contributed by atoms with E-state index in [1.807, 2.05) is 21.1 Å². The Kier molecular flexibility index (Phi) is 60.5. The third kappa shape index (κ3) is 63.5. The number of aliphatic carboxylic acids is 1. The number of carboxylic acid groups (broad SMARTS) is 1. The number of hydrogen-bond donors (Lipinski definition) is 0. The van der Waals surface area contributed by atoms with Crippen LogP contribution in [0.3, 0.4) is 0 Å². The fraction of sp³-hybridized carbons (Fsp3) is 0.929. The summed E-state index contributed by atoms with van der Waals surface area (Å²) in [7, 11) is 5.94. The zero-order chi connectivity index (χ0) is 57.6. The zero-order valence-corrected chi connectivity index (χ0v) is 53.5. The normalized spacial score (nSPS) is 12.7. The quantitative estimate of drug-likeness (QED) is 0.0195. The van der Waals surface area contributed by atoms with Gasteiger partial charge in [-0.25, -0.2) is 0 Å². The number of likely N-dealkylation sites (N-methyl/N-ethyl adjacent to an activating group) is 1. The van der Waals surface area contributed by atoms with Gasteiger partial charge in [0.1, 0.15) is 13.2 Å². The number of carbonyl (C=O) groups is 3. The third-order valence-electron chi connectivity index (χ3n) is 16.0. The molecular weight excluding hydrogens is 983 g/mol. The first-order valence-electron chi connectivity index (χ1n) is 34.8. The monoisotopic (exact) mass is 1120 g/mol. The van der Waals surface area contributed by atoms with Crippen molar-refractivity contribution in [1.82, 2.24) is 0 Å². The molecule has 468 valence electrons. The maximum absolute atomic E-state index is 12.9. The van der Waals surface area contributed by atoms with E-state index >= 15 is 0 Å². The van der Waals surface area contributed by atoms with Crippen LogP contribution in [0.5, 0.6) is 0 Å². The van der Waals surface area contributed by atoms with Crippen molar-refractivity contribution in [2.24, 2.45) is 0 Å². The molecule has 9 nitrogen and oxygen atoms in total. The largest absolute Gasteiger partial charge is 0.545 e. The molecular formula is C70H135NO8. The van der Waals surface area contributed by atoms with Gasteiger partial charge in [0.2, 0.25) is 0 Å². The molecule has 0 bridgehead atoms. The van der Waals surface area contributed by atoms with Gasteiger partial charge in [0, 0.05) is 12.8 Å². The maximum Gasteiger partial charge on any atom is 0.306 e. The van der Waals surface area contributed by atoms with Crippen LogP contribution in [0.25, 0.3) is 0 Å². The Hall–Kier alpha value is -1.97. The van der Waals surface area contributed by atoms with Gasteiger partial charge in [0.15, 0.2) is 12.4 Å². The minimum Gasteiger partial charge on any atom is -0.545 e. The molecule has 0 aromatic carbocycles. The van der Waals surface area contributed by atoms with E-state index in [0.29, 0.717) is 17.4 Å². The molecule has 2 unspecified atom stereocenters. The number of allylic oxidation sites excluding steroid dienone is 2. The molecule has 2 atom stereocenters. The lowest BCUT2D eigenvalue weighted by Gasteiger charge is -2.26. The number of quaternary nitrogens is 1. The van der Waals surface area contributed by atoms with E-state index in [-0.39, 0.29) is 32.2 Å². The molecule has 0 heterocycles. The highest BCUT2D eigenvalue weighted by atomic mass is 16.7. The van der Waals surface area contributed by atoms with Crippen LogP contribution in [0, 0.1) is 0 Å². The van der Waals surface area contributed by atoms with Gasteiger partial charge in [-0.15, -0.1) is 0 Å². The summed E-state index contributed by atoms with van der Waals surface area (Å²) in [5.74, 6) is -2.25. The second-order valence-corrected chi connectivity index (χ2v) is 25.2. The summed E-state index contributed by atoms with van der Waals surface area (Å²) in [6.45, 7) is 4.81. The molecule has 0 N–H and O–H groups in total. The van der Waals surface area contributed by atoms with Crippen LogP contribution in [0.2, 0.25) is 0 Å². The van der Waals surface area contributed by atoms with Gasteiger partial charge < -0.3 is 33.3 Å². The summed E-state index contributed by atoms with van der Waals surface area (Å²) in [5, 5.41) is 11.8. The average Bonchev–Trinajstić information content (AvgIpc) is 3.42. The van der Waals surface area contributed by atoms with Crippen molar-refractivity contribution in [1.29, 1.82) is 0 Å². The molecule has 0 rings (SSSR count). The summed E-state index contributed by atoms with van der Waals surface area (Å²) in [6, 6.07) is 0. The fourth-order valence-corrected chi connectivity index (χ4v) is 10.7. The van der Waals surface area contributed by atoms with Crippen LogP contribution in [0.4, 0.5) is 0 Å². The smallest absolute Gasteiger partial charge is 0.306 e. The molecule has 0 saturated carbocycles. The van der Waals surface area contributed by atoms with E-state index in [4.69, 9.17) is 18.9 Å². The molecule has 0 aliphatic carbocycles.